The minimum absolute atomic E-state index is 0.384. The molecule has 0 saturated carbocycles. The Labute approximate surface area is 67.4 Å². The summed E-state index contributed by atoms with van der Waals surface area (Å²) in [5, 5.41) is 2.93. The zero-order valence-electron chi connectivity index (χ0n) is 7.31. The van der Waals surface area contributed by atoms with Gasteiger partial charge in [-0.1, -0.05) is 6.58 Å². The van der Waals surface area contributed by atoms with Crippen molar-refractivity contribution < 1.29 is 9.53 Å². The highest BCUT2D eigenvalue weighted by molar-refractivity contribution is 5.81. The van der Waals surface area contributed by atoms with Gasteiger partial charge in [-0.3, -0.25) is 0 Å². The number of rotatable bonds is 4. The molecule has 0 aromatic heterocycles. The molecular weight excluding hydrogens is 142 g/mol. The second-order valence-corrected chi connectivity index (χ2v) is 2.92. The summed E-state index contributed by atoms with van der Waals surface area (Å²) in [5.74, 6) is -0.384. The molecule has 0 saturated heterocycles. The molecule has 0 rings (SSSR count). The van der Waals surface area contributed by atoms with Crippen LogP contribution in [-0.4, -0.2) is 25.2 Å². The second kappa shape index (κ2) is 4.13. The fraction of sp³-hybridized carbons (Fsp3) is 0.625. The van der Waals surface area contributed by atoms with Crippen molar-refractivity contribution in [3.63, 3.8) is 0 Å². The summed E-state index contributed by atoms with van der Waals surface area (Å²) < 4.78 is 5.01. The predicted octanol–water partition coefficient (Wildman–Crippen LogP) is 0.714. The van der Waals surface area contributed by atoms with Crippen LogP contribution in [0.3, 0.4) is 0 Å². The number of carbonyl (C=O) groups excluding carboxylic acids is 1. The Hall–Kier alpha value is -0.830. The van der Waals surface area contributed by atoms with Gasteiger partial charge < -0.3 is 10.1 Å². The molecular formula is C8H15NO2. The summed E-state index contributed by atoms with van der Waals surface area (Å²) in [7, 11) is 1.81. The smallest absolute Gasteiger partial charge is 0.330 e. The molecule has 0 radical (unpaired) electrons. The first-order chi connectivity index (χ1) is 5.02. The molecule has 0 aliphatic carbocycles. The molecule has 0 unspecified atom stereocenters. The van der Waals surface area contributed by atoms with Gasteiger partial charge in [0.25, 0.3) is 0 Å². The molecule has 11 heavy (non-hydrogen) atoms. The van der Waals surface area contributed by atoms with Crippen molar-refractivity contribution in [2.75, 3.05) is 13.6 Å². The van der Waals surface area contributed by atoms with Crippen molar-refractivity contribution in [3.05, 3.63) is 12.7 Å². The molecule has 0 aromatic carbocycles. The first kappa shape index (κ1) is 10.2. The van der Waals surface area contributed by atoms with Gasteiger partial charge in [0, 0.05) is 12.6 Å². The molecule has 0 aliphatic rings. The Morgan fingerprint density at radius 1 is 1.73 bits per heavy atom. The second-order valence-electron chi connectivity index (χ2n) is 2.92. The maximum absolute atomic E-state index is 10.7. The third-order valence-electron chi connectivity index (χ3n) is 1.15. The summed E-state index contributed by atoms with van der Waals surface area (Å²) in [6.07, 6.45) is 1.16. The van der Waals surface area contributed by atoms with Gasteiger partial charge in [-0.05, 0) is 20.9 Å². The highest BCUT2D eigenvalue weighted by Gasteiger charge is 2.19. The third-order valence-corrected chi connectivity index (χ3v) is 1.15. The largest absolute Gasteiger partial charge is 0.455 e. The molecule has 3 heteroatoms. The lowest BCUT2D eigenvalue weighted by atomic mass is 10.1. The number of hydrogen-bond acceptors (Lipinski definition) is 3. The van der Waals surface area contributed by atoms with E-state index in [1.165, 1.54) is 0 Å². The quantitative estimate of drug-likeness (QED) is 0.482. The normalized spacial score (nSPS) is 10.8. The minimum atomic E-state index is -0.458. The average molecular weight is 157 g/mol. The maximum atomic E-state index is 10.7. The number of nitrogens with one attached hydrogen (secondary N) is 1. The van der Waals surface area contributed by atoms with Gasteiger partial charge in [-0.15, -0.1) is 0 Å². The number of ether oxygens (including phenoxy) is 1. The number of esters is 1. The standard InChI is InChI=1S/C8H15NO2/c1-5-7(10)11-8(2,3)6-9-4/h5,9H,1,6H2,2-4H3. The van der Waals surface area contributed by atoms with Crippen molar-refractivity contribution in [2.45, 2.75) is 19.4 Å². The van der Waals surface area contributed by atoms with Gasteiger partial charge in [0.2, 0.25) is 0 Å². The van der Waals surface area contributed by atoms with Crippen LogP contribution >= 0.6 is 0 Å². The molecule has 0 spiro atoms. The molecule has 0 fully saturated rings. The lowest BCUT2D eigenvalue weighted by molar-refractivity contribution is -0.149. The fourth-order valence-electron chi connectivity index (χ4n) is 0.776. The van der Waals surface area contributed by atoms with Crippen LogP contribution in [-0.2, 0) is 9.53 Å². The van der Waals surface area contributed by atoms with Gasteiger partial charge in [0.15, 0.2) is 0 Å². The fourth-order valence-corrected chi connectivity index (χ4v) is 0.776. The van der Waals surface area contributed by atoms with Crippen LogP contribution < -0.4 is 5.32 Å². The van der Waals surface area contributed by atoms with E-state index in [1.807, 2.05) is 20.9 Å². The van der Waals surface area contributed by atoms with Crippen LogP contribution in [0.2, 0.25) is 0 Å². The molecule has 64 valence electrons. The van der Waals surface area contributed by atoms with Crippen LogP contribution in [0.15, 0.2) is 12.7 Å². The van der Waals surface area contributed by atoms with E-state index in [0.29, 0.717) is 6.54 Å². The molecule has 0 atom stereocenters. The monoisotopic (exact) mass is 157 g/mol. The van der Waals surface area contributed by atoms with Crippen LogP contribution in [0, 0.1) is 0 Å². The van der Waals surface area contributed by atoms with Crippen LogP contribution in [0.4, 0.5) is 0 Å². The summed E-state index contributed by atoms with van der Waals surface area (Å²) in [4.78, 5) is 10.7. The Kier molecular flexibility index (Phi) is 3.82. The zero-order chi connectivity index (χ0) is 8.91. The van der Waals surface area contributed by atoms with Crippen molar-refractivity contribution in [3.8, 4) is 0 Å². The van der Waals surface area contributed by atoms with E-state index in [2.05, 4.69) is 11.9 Å². The molecule has 0 aliphatic heterocycles. The summed E-state index contributed by atoms with van der Waals surface area (Å²) in [6.45, 7) is 7.62. The van der Waals surface area contributed by atoms with E-state index >= 15 is 0 Å². The van der Waals surface area contributed by atoms with E-state index < -0.39 is 5.60 Å². The van der Waals surface area contributed by atoms with E-state index in [1.54, 1.807) is 0 Å². The first-order valence-corrected chi connectivity index (χ1v) is 3.52. The molecule has 0 heterocycles. The van der Waals surface area contributed by atoms with Gasteiger partial charge in [0.05, 0.1) is 0 Å². The highest BCUT2D eigenvalue weighted by Crippen LogP contribution is 2.07. The van der Waals surface area contributed by atoms with Crippen molar-refractivity contribution in [1.82, 2.24) is 5.32 Å². The first-order valence-electron chi connectivity index (χ1n) is 3.52. The van der Waals surface area contributed by atoms with Crippen LogP contribution in [0.5, 0.6) is 0 Å². The molecule has 3 nitrogen and oxygen atoms in total. The van der Waals surface area contributed by atoms with Gasteiger partial charge in [-0.25, -0.2) is 4.79 Å². The highest BCUT2D eigenvalue weighted by atomic mass is 16.6. The summed E-state index contributed by atoms with van der Waals surface area (Å²) in [6, 6.07) is 0. The SMILES string of the molecule is C=CC(=O)OC(C)(C)CNC. The number of carbonyl (C=O) groups is 1. The van der Waals surface area contributed by atoms with E-state index in [0.717, 1.165) is 6.08 Å². The molecule has 1 N–H and O–H groups in total. The van der Waals surface area contributed by atoms with Gasteiger partial charge >= 0.3 is 5.97 Å². The summed E-state index contributed by atoms with van der Waals surface area (Å²) >= 11 is 0. The van der Waals surface area contributed by atoms with E-state index in [9.17, 15) is 4.79 Å². The predicted molar refractivity (Wildman–Crippen MR) is 44.3 cm³/mol. The number of hydrogen-bond donors (Lipinski definition) is 1. The van der Waals surface area contributed by atoms with Crippen LogP contribution in [0.1, 0.15) is 13.8 Å². The van der Waals surface area contributed by atoms with Crippen molar-refractivity contribution >= 4 is 5.97 Å². The Morgan fingerprint density at radius 2 is 2.27 bits per heavy atom. The Morgan fingerprint density at radius 3 is 2.64 bits per heavy atom. The van der Waals surface area contributed by atoms with E-state index in [4.69, 9.17) is 4.74 Å². The Bertz CT molecular complexity index is 152. The molecule has 0 aromatic rings. The van der Waals surface area contributed by atoms with Crippen molar-refractivity contribution in [1.29, 1.82) is 0 Å². The Balaban J connectivity index is 3.89. The lowest BCUT2D eigenvalue weighted by Gasteiger charge is -2.23. The van der Waals surface area contributed by atoms with Gasteiger partial charge in [-0.2, -0.15) is 0 Å². The number of likely N-dealkylation sites (N-methyl/N-ethyl adjacent to an activating group) is 1. The van der Waals surface area contributed by atoms with E-state index in [-0.39, 0.29) is 5.97 Å². The lowest BCUT2D eigenvalue weighted by Crippen LogP contribution is -2.37. The maximum Gasteiger partial charge on any atom is 0.330 e. The summed E-state index contributed by atoms with van der Waals surface area (Å²) in [5.41, 5.74) is -0.458. The molecule has 0 bridgehead atoms. The molecule has 0 amide bonds. The van der Waals surface area contributed by atoms with Crippen LogP contribution in [0.25, 0.3) is 0 Å². The zero-order valence-corrected chi connectivity index (χ0v) is 7.31. The van der Waals surface area contributed by atoms with Gasteiger partial charge in [0.1, 0.15) is 5.60 Å². The van der Waals surface area contributed by atoms with Crippen molar-refractivity contribution in [2.24, 2.45) is 0 Å². The average Bonchev–Trinajstić information content (AvgIpc) is 1.86. The topological polar surface area (TPSA) is 38.3 Å². The third kappa shape index (κ3) is 4.56. The minimum Gasteiger partial charge on any atom is -0.455 e.